The quantitative estimate of drug-likeness (QED) is 0.445. The minimum absolute atomic E-state index is 0.233. The van der Waals surface area contributed by atoms with E-state index < -0.39 is 0 Å². The molecule has 2 nitrogen and oxygen atoms in total. The van der Waals surface area contributed by atoms with Gasteiger partial charge in [-0.1, -0.05) is 54.6 Å². The lowest BCUT2D eigenvalue weighted by molar-refractivity contribution is 0.0458. The van der Waals surface area contributed by atoms with Gasteiger partial charge >= 0.3 is 5.97 Å². The summed E-state index contributed by atoms with van der Waals surface area (Å²) in [4.78, 5) is 12.1. The number of carbonyl (C=O) groups is 1. The Bertz CT molecular complexity index is 1080. The first-order valence-electron chi connectivity index (χ1n) is 7.53. The van der Waals surface area contributed by atoms with Crippen molar-refractivity contribution in [1.29, 1.82) is 0 Å². The number of hydrogen-bond acceptors (Lipinski definition) is 3. The van der Waals surface area contributed by atoms with Crippen LogP contribution in [0.1, 0.15) is 27.6 Å². The standard InChI is InChI=1S/C20H12O2S/c21-20-15-8-2-1-7-13(15)18(22-20)16-10-5-9-14-12-6-3-4-11-17(12)23-19(14)16/h1-11,18H. The summed E-state index contributed by atoms with van der Waals surface area (Å²) in [6, 6.07) is 22.3. The summed E-state index contributed by atoms with van der Waals surface area (Å²) in [5.74, 6) is -0.233. The highest BCUT2D eigenvalue weighted by Crippen LogP contribution is 2.43. The SMILES string of the molecule is O=C1OC(c2cccc3c2sc2ccccc23)c2ccccc21. The van der Waals surface area contributed by atoms with E-state index in [0.29, 0.717) is 5.56 Å². The molecule has 1 aromatic heterocycles. The predicted octanol–water partition coefficient (Wildman–Crippen LogP) is 5.31. The third-order valence-corrected chi connectivity index (χ3v) is 5.64. The molecular weight excluding hydrogens is 304 g/mol. The molecule has 1 unspecified atom stereocenters. The highest BCUT2D eigenvalue weighted by molar-refractivity contribution is 7.26. The van der Waals surface area contributed by atoms with Crippen molar-refractivity contribution in [2.75, 3.05) is 0 Å². The van der Waals surface area contributed by atoms with Crippen LogP contribution in [0.15, 0.2) is 66.7 Å². The zero-order chi connectivity index (χ0) is 15.4. The van der Waals surface area contributed by atoms with Crippen molar-refractivity contribution in [2.45, 2.75) is 6.10 Å². The molecule has 23 heavy (non-hydrogen) atoms. The molecule has 1 aliphatic rings. The molecule has 2 heterocycles. The van der Waals surface area contributed by atoms with Crippen molar-refractivity contribution in [3.63, 3.8) is 0 Å². The first kappa shape index (κ1) is 12.9. The summed E-state index contributed by atoms with van der Waals surface area (Å²) in [5, 5.41) is 2.48. The highest BCUT2D eigenvalue weighted by atomic mass is 32.1. The third kappa shape index (κ3) is 1.77. The second-order valence-corrected chi connectivity index (χ2v) is 6.75. The molecule has 1 aliphatic heterocycles. The number of cyclic esters (lactones) is 1. The van der Waals surface area contributed by atoms with Crippen LogP contribution in [0, 0.1) is 0 Å². The summed E-state index contributed by atoms with van der Waals surface area (Å²) in [5.41, 5.74) is 2.71. The van der Waals surface area contributed by atoms with Crippen LogP contribution in [0.3, 0.4) is 0 Å². The van der Waals surface area contributed by atoms with Gasteiger partial charge in [0.1, 0.15) is 0 Å². The average Bonchev–Trinajstić information content (AvgIpc) is 3.13. The van der Waals surface area contributed by atoms with Crippen LogP contribution in [0.25, 0.3) is 20.2 Å². The van der Waals surface area contributed by atoms with E-state index in [1.54, 1.807) is 11.3 Å². The van der Waals surface area contributed by atoms with Gasteiger partial charge in [0.2, 0.25) is 0 Å². The van der Waals surface area contributed by atoms with E-state index in [0.717, 1.165) is 11.1 Å². The molecule has 5 rings (SSSR count). The van der Waals surface area contributed by atoms with Crippen LogP contribution in [-0.4, -0.2) is 5.97 Å². The van der Waals surface area contributed by atoms with Gasteiger partial charge in [-0.15, -0.1) is 11.3 Å². The predicted molar refractivity (Wildman–Crippen MR) is 93.0 cm³/mol. The van der Waals surface area contributed by atoms with E-state index in [-0.39, 0.29) is 12.1 Å². The molecule has 3 heteroatoms. The lowest BCUT2D eigenvalue weighted by Gasteiger charge is -2.12. The minimum atomic E-state index is -0.310. The average molecular weight is 316 g/mol. The first-order chi connectivity index (χ1) is 11.3. The fourth-order valence-electron chi connectivity index (χ4n) is 3.35. The van der Waals surface area contributed by atoms with Gasteiger partial charge in [-0.3, -0.25) is 0 Å². The fraction of sp³-hybridized carbons (Fsp3) is 0.0500. The van der Waals surface area contributed by atoms with Crippen LogP contribution in [0.5, 0.6) is 0 Å². The van der Waals surface area contributed by atoms with Crippen molar-refractivity contribution in [3.8, 4) is 0 Å². The first-order valence-corrected chi connectivity index (χ1v) is 8.34. The van der Waals surface area contributed by atoms with Crippen molar-refractivity contribution in [3.05, 3.63) is 83.4 Å². The molecular formula is C20H12O2S. The fourth-order valence-corrected chi connectivity index (χ4v) is 4.59. The molecule has 1 atom stereocenters. The summed E-state index contributed by atoms with van der Waals surface area (Å²) >= 11 is 1.76. The highest BCUT2D eigenvalue weighted by Gasteiger charge is 2.33. The van der Waals surface area contributed by atoms with Crippen molar-refractivity contribution in [2.24, 2.45) is 0 Å². The number of esters is 1. The molecule has 0 saturated heterocycles. The Kier molecular flexibility index (Phi) is 2.61. The monoisotopic (exact) mass is 316 g/mol. The number of thiophene rings is 1. The number of hydrogen-bond donors (Lipinski definition) is 0. The normalized spacial score (nSPS) is 16.7. The number of fused-ring (bicyclic) bond motifs is 4. The molecule has 0 fully saturated rings. The molecule has 3 aromatic carbocycles. The third-order valence-electron chi connectivity index (χ3n) is 4.41. The Morgan fingerprint density at radius 2 is 1.52 bits per heavy atom. The van der Waals surface area contributed by atoms with Crippen LogP contribution in [0.2, 0.25) is 0 Å². The Morgan fingerprint density at radius 1 is 0.783 bits per heavy atom. The van der Waals surface area contributed by atoms with Crippen molar-refractivity contribution >= 4 is 37.5 Å². The van der Waals surface area contributed by atoms with Crippen LogP contribution < -0.4 is 0 Å². The molecule has 0 saturated carbocycles. The van der Waals surface area contributed by atoms with Crippen molar-refractivity contribution in [1.82, 2.24) is 0 Å². The molecule has 110 valence electrons. The van der Waals surface area contributed by atoms with Gasteiger partial charge in [0.15, 0.2) is 6.10 Å². The van der Waals surface area contributed by atoms with E-state index in [4.69, 9.17) is 4.74 Å². The van der Waals surface area contributed by atoms with Crippen molar-refractivity contribution < 1.29 is 9.53 Å². The molecule has 0 aliphatic carbocycles. The molecule has 0 spiro atoms. The van der Waals surface area contributed by atoms with E-state index in [1.165, 1.54) is 20.2 Å². The topological polar surface area (TPSA) is 26.3 Å². The zero-order valence-electron chi connectivity index (χ0n) is 12.2. The number of rotatable bonds is 1. The largest absolute Gasteiger partial charge is 0.449 e. The van der Waals surface area contributed by atoms with Gasteiger partial charge in [-0.05, 0) is 12.1 Å². The van der Waals surface area contributed by atoms with Crippen LogP contribution in [-0.2, 0) is 4.74 Å². The van der Waals surface area contributed by atoms with Crippen LogP contribution >= 0.6 is 11.3 Å². The maximum Gasteiger partial charge on any atom is 0.339 e. The van der Waals surface area contributed by atoms with Gasteiger partial charge in [0, 0.05) is 31.3 Å². The molecule has 0 bridgehead atoms. The van der Waals surface area contributed by atoms with E-state index in [2.05, 4.69) is 36.4 Å². The Morgan fingerprint density at radius 3 is 2.48 bits per heavy atom. The second kappa shape index (κ2) is 4.67. The summed E-state index contributed by atoms with van der Waals surface area (Å²) in [7, 11) is 0. The summed E-state index contributed by atoms with van der Waals surface area (Å²) in [6.07, 6.45) is -0.310. The Labute approximate surface area is 136 Å². The molecule has 4 aromatic rings. The lowest BCUT2D eigenvalue weighted by Crippen LogP contribution is -2.00. The number of benzene rings is 3. The molecule has 0 radical (unpaired) electrons. The summed E-state index contributed by atoms with van der Waals surface area (Å²) < 4.78 is 8.14. The molecule has 0 N–H and O–H groups in total. The van der Waals surface area contributed by atoms with E-state index in [9.17, 15) is 4.79 Å². The maximum atomic E-state index is 12.1. The van der Waals surface area contributed by atoms with Gasteiger partial charge in [0.05, 0.1) is 5.56 Å². The minimum Gasteiger partial charge on any atom is -0.449 e. The van der Waals surface area contributed by atoms with E-state index in [1.807, 2.05) is 30.3 Å². The van der Waals surface area contributed by atoms with Gasteiger partial charge in [-0.2, -0.15) is 0 Å². The van der Waals surface area contributed by atoms with E-state index >= 15 is 0 Å². The smallest absolute Gasteiger partial charge is 0.339 e. The number of ether oxygens (including phenoxy) is 1. The maximum absolute atomic E-state index is 12.1. The molecule has 0 amide bonds. The summed E-state index contributed by atoms with van der Waals surface area (Å²) in [6.45, 7) is 0. The lowest BCUT2D eigenvalue weighted by atomic mass is 9.98. The number of carbonyl (C=O) groups excluding carboxylic acids is 1. The van der Waals surface area contributed by atoms with Gasteiger partial charge in [0.25, 0.3) is 0 Å². The Balaban J connectivity index is 1.80. The van der Waals surface area contributed by atoms with Crippen LogP contribution in [0.4, 0.5) is 0 Å². The zero-order valence-corrected chi connectivity index (χ0v) is 13.0. The van der Waals surface area contributed by atoms with Gasteiger partial charge in [-0.25, -0.2) is 4.79 Å². The second-order valence-electron chi connectivity index (χ2n) is 5.69. The van der Waals surface area contributed by atoms with Gasteiger partial charge < -0.3 is 4.74 Å². The Hall–Kier alpha value is -2.65.